The summed E-state index contributed by atoms with van der Waals surface area (Å²) in [6.07, 6.45) is 0. The summed E-state index contributed by atoms with van der Waals surface area (Å²) in [4.78, 5) is 6.77. The van der Waals surface area contributed by atoms with E-state index in [0.29, 0.717) is 6.54 Å². The van der Waals surface area contributed by atoms with Crippen LogP contribution in [-0.2, 0) is 0 Å². The Morgan fingerprint density at radius 2 is 1.95 bits per heavy atom. The molecule has 2 aromatic rings. The molecule has 0 atom stereocenters. The molecule has 1 N–H and O–H groups in total. The molecule has 0 aliphatic heterocycles. The Morgan fingerprint density at radius 3 is 2.58 bits per heavy atom. The minimum atomic E-state index is -0.714. The molecule has 2 rings (SSSR count). The molecule has 0 amide bonds. The molecule has 0 fully saturated rings. The number of hydrogen-bond donors (Lipinski definition) is 1. The average molecular weight is 258 g/mol. The standard InChI is InChI=1S/C16H22N2O/c1-5-18(11-16(3,4)19)15-10-12(2)17-14-9-7-6-8-13(14)15/h6-10,19H,5,11H2,1-4H3. The molecule has 1 aromatic carbocycles. The van der Waals surface area contributed by atoms with Crippen molar-refractivity contribution in [1.82, 2.24) is 4.98 Å². The highest BCUT2D eigenvalue weighted by Gasteiger charge is 2.19. The zero-order valence-electron chi connectivity index (χ0n) is 12.1. The predicted molar refractivity (Wildman–Crippen MR) is 80.7 cm³/mol. The lowest BCUT2D eigenvalue weighted by Gasteiger charge is -2.31. The molecular formula is C16H22N2O. The number of pyridine rings is 1. The van der Waals surface area contributed by atoms with Crippen molar-refractivity contribution in [3.63, 3.8) is 0 Å². The molecule has 3 heteroatoms. The van der Waals surface area contributed by atoms with E-state index in [1.54, 1.807) is 0 Å². The maximum Gasteiger partial charge on any atom is 0.0765 e. The van der Waals surface area contributed by atoms with Gasteiger partial charge in [0, 0.05) is 29.9 Å². The minimum absolute atomic E-state index is 0.608. The third kappa shape index (κ3) is 3.24. The lowest BCUT2D eigenvalue weighted by atomic mass is 10.1. The van der Waals surface area contributed by atoms with Gasteiger partial charge in [0.25, 0.3) is 0 Å². The molecule has 0 bridgehead atoms. The van der Waals surface area contributed by atoms with Crippen molar-refractivity contribution in [2.45, 2.75) is 33.3 Å². The molecule has 0 radical (unpaired) electrons. The Balaban J connectivity index is 2.53. The Kier molecular flexibility index (Phi) is 3.76. The van der Waals surface area contributed by atoms with Crippen molar-refractivity contribution in [1.29, 1.82) is 0 Å². The summed E-state index contributed by atoms with van der Waals surface area (Å²) >= 11 is 0. The number of hydrogen-bond acceptors (Lipinski definition) is 3. The van der Waals surface area contributed by atoms with Crippen LogP contribution in [0.3, 0.4) is 0 Å². The number of likely N-dealkylation sites (N-methyl/N-ethyl adjacent to an activating group) is 1. The van der Waals surface area contributed by atoms with Crippen molar-refractivity contribution in [2.75, 3.05) is 18.0 Å². The van der Waals surface area contributed by atoms with Gasteiger partial charge in [0.1, 0.15) is 0 Å². The van der Waals surface area contributed by atoms with Crippen LogP contribution in [0.2, 0.25) is 0 Å². The average Bonchev–Trinajstić information content (AvgIpc) is 2.34. The second-order valence-corrected chi connectivity index (χ2v) is 5.63. The van der Waals surface area contributed by atoms with Gasteiger partial charge < -0.3 is 10.0 Å². The van der Waals surface area contributed by atoms with E-state index in [0.717, 1.165) is 28.8 Å². The van der Waals surface area contributed by atoms with Crippen LogP contribution in [-0.4, -0.2) is 28.8 Å². The number of benzene rings is 1. The van der Waals surface area contributed by atoms with E-state index in [9.17, 15) is 5.11 Å². The fraction of sp³-hybridized carbons (Fsp3) is 0.438. The highest BCUT2D eigenvalue weighted by atomic mass is 16.3. The first-order chi connectivity index (χ1) is 8.90. The Labute approximate surface area is 114 Å². The number of fused-ring (bicyclic) bond motifs is 1. The summed E-state index contributed by atoms with van der Waals surface area (Å²) in [7, 11) is 0. The summed E-state index contributed by atoms with van der Waals surface area (Å²) in [6, 6.07) is 10.2. The Hall–Kier alpha value is -1.61. The summed E-state index contributed by atoms with van der Waals surface area (Å²) in [5.74, 6) is 0. The van der Waals surface area contributed by atoms with Crippen LogP contribution in [0.15, 0.2) is 30.3 Å². The molecule has 0 saturated heterocycles. The van der Waals surface area contributed by atoms with Crippen LogP contribution >= 0.6 is 0 Å². The third-order valence-electron chi connectivity index (χ3n) is 3.12. The fourth-order valence-corrected chi connectivity index (χ4v) is 2.38. The SMILES string of the molecule is CCN(CC(C)(C)O)c1cc(C)nc2ccccc12. The van der Waals surface area contributed by atoms with E-state index >= 15 is 0 Å². The summed E-state index contributed by atoms with van der Waals surface area (Å²) < 4.78 is 0. The molecule has 1 heterocycles. The zero-order valence-corrected chi connectivity index (χ0v) is 12.1. The maximum atomic E-state index is 10.1. The van der Waals surface area contributed by atoms with Gasteiger partial charge in [0.2, 0.25) is 0 Å². The highest BCUT2D eigenvalue weighted by Crippen LogP contribution is 2.27. The van der Waals surface area contributed by atoms with Crippen molar-refractivity contribution in [2.24, 2.45) is 0 Å². The van der Waals surface area contributed by atoms with Crippen LogP contribution in [0, 0.1) is 6.92 Å². The van der Waals surface area contributed by atoms with Gasteiger partial charge in [-0.2, -0.15) is 0 Å². The van der Waals surface area contributed by atoms with E-state index in [-0.39, 0.29) is 0 Å². The van der Waals surface area contributed by atoms with Crippen molar-refractivity contribution in [3.8, 4) is 0 Å². The lowest BCUT2D eigenvalue weighted by Crippen LogP contribution is -2.38. The number of nitrogens with zero attached hydrogens (tertiary/aromatic N) is 2. The van der Waals surface area contributed by atoms with Crippen LogP contribution in [0.5, 0.6) is 0 Å². The van der Waals surface area contributed by atoms with Gasteiger partial charge >= 0.3 is 0 Å². The number of aromatic nitrogens is 1. The van der Waals surface area contributed by atoms with Crippen LogP contribution in [0.1, 0.15) is 26.5 Å². The normalized spacial score (nSPS) is 11.8. The molecule has 1 aromatic heterocycles. The van der Waals surface area contributed by atoms with Crippen LogP contribution in [0.25, 0.3) is 10.9 Å². The van der Waals surface area contributed by atoms with E-state index in [1.165, 1.54) is 0 Å². The first-order valence-corrected chi connectivity index (χ1v) is 6.74. The topological polar surface area (TPSA) is 36.4 Å². The highest BCUT2D eigenvalue weighted by molar-refractivity contribution is 5.92. The number of para-hydroxylation sites is 1. The summed E-state index contributed by atoms with van der Waals surface area (Å²) in [5, 5.41) is 11.2. The quantitative estimate of drug-likeness (QED) is 0.915. The molecule has 0 aliphatic carbocycles. The number of aryl methyl sites for hydroxylation is 1. The van der Waals surface area contributed by atoms with Gasteiger partial charge in [0.15, 0.2) is 0 Å². The molecule has 102 valence electrons. The lowest BCUT2D eigenvalue weighted by molar-refractivity contribution is 0.0876. The minimum Gasteiger partial charge on any atom is -0.389 e. The van der Waals surface area contributed by atoms with E-state index in [1.807, 2.05) is 39.0 Å². The first kappa shape index (κ1) is 13.8. The van der Waals surface area contributed by atoms with Crippen LogP contribution in [0.4, 0.5) is 5.69 Å². The van der Waals surface area contributed by atoms with Gasteiger partial charge in [-0.05, 0) is 39.8 Å². The number of anilines is 1. The molecule has 3 nitrogen and oxygen atoms in total. The van der Waals surface area contributed by atoms with E-state index in [2.05, 4.69) is 28.9 Å². The van der Waals surface area contributed by atoms with E-state index < -0.39 is 5.60 Å². The number of rotatable bonds is 4. The Morgan fingerprint density at radius 1 is 1.26 bits per heavy atom. The number of aliphatic hydroxyl groups is 1. The monoisotopic (exact) mass is 258 g/mol. The third-order valence-corrected chi connectivity index (χ3v) is 3.12. The van der Waals surface area contributed by atoms with Crippen molar-refractivity contribution < 1.29 is 5.11 Å². The molecule has 19 heavy (non-hydrogen) atoms. The van der Waals surface area contributed by atoms with Gasteiger partial charge in [-0.15, -0.1) is 0 Å². The van der Waals surface area contributed by atoms with E-state index in [4.69, 9.17) is 0 Å². The van der Waals surface area contributed by atoms with Gasteiger partial charge in [-0.25, -0.2) is 0 Å². The van der Waals surface area contributed by atoms with Gasteiger partial charge in [0.05, 0.1) is 11.1 Å². The molecule has 0 unspecified atom stereocenters. The smallest absolute Gasteiger partial charge is 0.0765 e. The molecule has 0 aliphatic rings. The predicted octanol–water partition coefficient (Wildman–Crippen LogP) is 3.14. The molecule has 0 spiro atoms. The summed E-state index contributed by atoms with van der Waals surface area (Å²) in [5.41, 5.74) is 2.44. The van der Waals surface area contributed by atoms with Gasteiger partial charge in [-0.3, -0.25) is 4.98 Å². The largest absolute Gasteiger partial charge is 0.389 e. The van der Waals surface area contributed by atoms with Gasteiger partial charge in [-0.1, -0.05) is 18.2 Å². The van der Waals surface area contributed by atoms with Crippen molar-refractivity contribution >= 4 is 16.6 Å². The second kappa shape index (κ2) is 5.17. The Bertz CT molecular complexity index is 572. The zero-order chi connectivity index (χ0) is 14.0. The fourth-order valence-electron chi connectivity index (χ4n) is 2.38. The first-order valence-electron chi connectivity index (χ1n) is 6.74. The maximum absolute atomic E-state index is 10.1. The summed E-state index contributed by atoms with van der Waals surface area (Å²) in [6.45, 7) is 9.26. The molecular weight excluding hydrogens is 236 g/mol. The van der Waals surface area contributed by atoms with Crippen LogP contribution < -0.4 is 4.90 Å². The second-order valence-electron chi connectivity index (χ2n) is 5.63. The van der Waals surface area contributed by atoms with Crippen molar-refractivity contribution in [3.05, 3.63) is 36.0 Å². The molecule has 0 saturated carbocycles.